The lowest BCUT2D eigenvalue weighted by Crippen LogP contribution is -2.08. The molecule has 1 atom stereocenters. The highest BCUT2D eigenvalue weighted by atomic mass is 35.5. The lowest BCUT2D eigenvalue weighted by Gasteiger charge is -2.16. The van der Waals surface area contributed by atoms with Gasteiger partial charge >= 0.3 is 0 Å². The molecule has 0 amide bonds. The first-order valence-corrected chi connectivity index (χ1v) is 6.97. The van der Waals surface area contributed by atoms with Gasteiger partial charge in [-0.2, -0.15) is 0 Å². The van der Waals surface area contributed by atoms with E-state index in [2.05, 4.69) is 0 Å². The second kappa shape index (κ2) is 6.42. The molecular weight excluding hydrogens is 279 g/mol. The van der Waals surface area contributed by atoms with E-state index in [1.165, 1.54) is 0 Å². The van der Waals surface area contributed by atoms with Gasteiger partial charge in [0.05, 0.1) is 6.61 Å². The molecule has 19 heavy (non-hydrogen) atoms. The second-order valence-electron chi connectivity index (χ2n) is 4.73. The molecule has 1 nitrogen and oxygen atoms in total. The number of hydrogen-bond donors (Lipinski definition) is 1. The van der Waals surface area contributed by atoms with Crippen LogP contribution in [0.4, 0.5) is 0 Å². The summed E-state index contributed by atoms with van der Waals surface area (Å²) < 4.78 is 0. The Morgan fingerprint density at radius 1 is 1.05 bits per heavy atom. The van der Waals surface area contributed by atoms with E-state index in [-0.39, 0.29) is 12.5 Å². The van der Waals surface area contributed by atoms with Gasteiger partial charge in [0.2, 0.25) is 0 Å². The van der Waals surface area contributed by atoms with Gasteiger partial charge in [-0.05, 0) is 48.2 Å². The lowest BCUT2D eigenvalue weighted by molar-refractivity contribution is 0.264. The summed E-state index contributed by atoms with van der Waals surface area (Å²) in [6, 6.07) is 13.6. The number of rotatable bonds is 4. The van der Waals surface area contributed by atoms with Gasteiger partial charge < -0.3 is 5.11 Å². The number of aryl methyl sites for hydroxylation is 1. The van der Waals surface area contributed by atoms with Gasteiger partial charge in [-0.15, -0.1) is 0 Å². The van der Waals surface area contributed by atoms with Crippen LogP contribution < -0.4 is 0 Å². The van der Waals surface area contributed by atoms with Crippen LogP contribution in [-0.2, 0) is 6.42 Å². The van der Waals surface area contributed by atoms with Crippen LogP contribution in [0.3, 0.4) is 0 Å². The van der Waals surface area contributed by atoms with Gasteiger partial charge in [0, 0.05) is 16.0 Å². The van der Waals surface area contributed by atoms with Crippen LogP contribution in [0.15, 0.2) is 42.5 Å². The minimum absolute atomic E-state index is 0.0393. The Hall–Kier alpha value is -1.02. The maximum absolute atomic E-state index is 9.58. The van der Waals surface area contributed by atoms with E-state index >= 15 is 0 Å². The van der Waals surface area contributed by atoms with Crippen molar-refractivity contribution < 1.29 is 5.11 Å². The Balaban J connectivity index is 2.21. The molecule has 100 valence electrons. The van der Waals surface area contributed by atoms with Crippen LogP contribution in [-0.4, -0.2) is 11.7 Å². The Morgan fingerprint density at radius 2 is 1.74 bits per heavy atom. The Bertz CT molecular complexity index is 549. The first kappa shape index (κ1) is 14.4. The molecule has 0 radical (unpaired) electrons. The third-order valence-corrected chi connectivity index (χ3v) is 3.84. The number of benzene rings is 2. The van der Waals surface area contributed by atoms with E-state index < -0.39 is 0 Å². The maximum Gasteiger partial charge on any atom is 0.0502 e. The zero-order chi connectivity index (χ0) is 13.8. The quantitative estimate of drug-likeness (QED) is 0.872. The highest BCUT2D eigenvalue weighted by Crippen LogP contribution is 2.26. The fourth-order valence-electron chi connectivity index (χ4n) is 2.11. The molecule has 0 aliphatic carbocycles. The largest absolute Gasteiger partial charge is 0.396 e. The highest BCUT2D eigenvalue weighted by molar-refractivity contribution is 6.31. The Kier molecular flexibility index (Phi) is 4.87. The molecule has 0 spiro atoms. The van der Waals surface area contributed by atoms with Gasteiger partial charge in [-0.3, -0.25) is 0 Å². The maximum atomic E-state index is 9.58. The van der Waals surface area contributed by atoms with Crippen molar-refractivity contribution in [1.82, 2.24) is 0 Å². The molecule has 0 bridgehead atoms. The lowest BCUT2D eigenvalue weighted by atomic mass is 9.92. The molecule has 2 aromatic carbocycles. The van der Waals surface area contributed by atoms with E-state index in [9.17, 15) is 5.11 Å². The van der Waals surface area contributed by atoms with E-state index in [4.69, 9.17) is 23.2 Å². The Labute approximate surface area is 123 Å². The molecule has 0 aliphatic heterocycles. The van der Waals surface area contributed by atoms with Crippen LogP contribution in [0.25, 0.3) is 0 Å². The average Bonchev–Trinajstić information content (AvgIpc) is 2.39. The number of halogens is 2. The number of aliphatic hydroxyl groups excluding tert-OH is 1. The summed E-state index contributed by atoms with van der Waals surface area (Å²) in [6.07, 6.45) is 0.719. The van der Waals surface area contributed by atoms with Crippen molar-refractivity contribution in [2.24, 2.45) is 0 Å². The summed E-state index contributed by atoms with van der Waals surface area (Å²) in [4.78, 5) is 0. The van der Waals surface area contributed by atoms with Crippen molar-refractivity contribution in [1.29, 1.82) is 0 Å². The van der Waals surface area contributed by atoms with Crippen molar-refractivity contribution in [2.75, 3.05) is 6.61 Å². The summed E-state index contributed by atoms with van der Waals surface area (Å²) in [6.45, 7) is 2.10. The monoisotopic (exact) mass is 294 g/mol. The van der Waals surface area contributed by atoms with Gasteiger partial charge in [-0.1, -0.05) is 47.5 Å². The molecule has 0 aromatic heterocycles. The molecule has 0 saturated heterocycles. The number of hydrogen-bond acceptors (Lipinski definition) is 1. The van der Waals surface area contributed by atoms with E-state index in [0.29, 0.717) is 5.02 Å². The molecule has 2 rings (SSSR count). The molecule has 2 aromatic rings. The summed E-state index contributed by atoms with van der Waals surface area (Å²) in [7, 11) is 0. The third kappa shape index (κ3) is 3.73. The molecule has 0 aliphatic rings. The fraction of sp³-hybridized carbons (Fsp3) is 0.250. The smallest absolute Gasteiger partial charge is 0.0502 e. The summed E-state index contributed by atoms with van der Waals surface area (Å²) in [5, 5.41) is 11.0. The highest BCUT2D eigenvalue weighted by Gasteiger charge is 2.13. The minimum atomic E-state index is 0.0393. The van der Waals surface area contributed by atoms with Crippen molar-refractivity contribution >= 4 is 23.2 Å². The van der Waals surface area contributed by atoms with Gasteiger partial charge in [-0.25, -0.2) is 0 Å². The SMILES string of the molecule is Cc1ccc(CC(CO)c2ccc(Cl)cc2)c(Cl)c1. The summed E-state index contributed by atoms with van der Waals surface area (Å²) in [5.41, 5.74) is 3.27. The zero-order valence-corrected chi connectivity index (χ0v) is 12.2. The minimum Gasteiger partial charge on any atom is -0.396 e. The van der Waals surface area contributed by atoms with Crippen LogP contribution in [0.1, 0.15) is 22.6 Å². The zero-order valence-electron chi connectivity index (χ0n) is 10.7. The first-order valence-electron chi connectivity index (χ1n) is 6.21. The summed E-state index contributed by atoms with van der Waals surface area (Å²) >= 11 is 12.1. The van der Waals surface area contributed by atoms with E-state index in [0.717, 1.165) is 28.1 Å². The third-order valence-electron chi connectivity index (χ3n) is 3.24. The van der Waals surface area contributed by atoms with E-state index in [1.807, 2.05) is 49.4 Å². The second-order valence-corrected chi connectivity index (χ2v) is 5.57. The fourth-order valence-corrected chi connectivity index (χ4v) is 2.54. The first-order chi connectivity index (χ1) is 9.10. The van der Waals surface area contributed by atoms with Crippen molar-refractivity contribution in [3.63, 3.8) is 0 Å². The molecule has 1 unspecified atom stereocenters. The molecule has 0 saturated carbocycles. The predicted octanol–water partition coefficient (Wildman–Crippen LogP) is 4.62. The van der Waals surface area contributed by atoms with Crippen molar-refractivity contribution in [3.8, 4) is 0 Å². The molecular formula is C16H16Cl2O. The van der Waals surface area contributed by atoms with Crippen molar-refractivity contribution in [2.45, 2.75) is 19.3 Å². The van der Waals surface area contributed by atoms with Crippen molar-refractivity contribution in [3.05, 3.63) is 69.2 Å². The van der Waals surface area contributed by atoms with Crippen LogP contribution >= 0.6 is 23.2 Å². The van der Waals surface area contributed by atoms with Crippen LogP contribution in [0, 0.1) is 6.92 Å². The molecule has 1 N–H and O–H groups in total. The van der Waals surface area contributed by atoms with Crippen LogP contribution in [0.2, 0.25) is 10.0 Å². The van der Waals surface area contributed by atoms with Gasteiger partial charge in [0.15, 0.2) is 0 Å². The average molecular weight is 295 g/mol. The Morgan fingerprint density at radius 3 is 2.32 bits per heavy atom. The van der Waals surface area contributed by atoms with Gasteiger partial charge in [0.25, 0.3) is 0 Å². The van der Waals surface area contributed by atoms with E-state index in [1.54, 1.807) is 0 Å². The van der Waals surface area contributed by atoms with Gasteiger partial charge in [0.1, 0.15) is 0 Å². The standard InChI is InChI=1S/C16H16Cl2O/c1-11-2-3-13(16(18)8-11)9-14(10-19)12-4-6-15(17)7-5-12/h2-8,14,19H,9-10H2,1H3. The molecule has 0 heterocycles. The summed E-state index contributed by atoms with van der Waals surface area (Å²) in [5.74, 6) is 0.0393. The molecule has 0 fully saturated rings. The topological polar surface area (TPSA) is 20.2 Å². The van der Waals surface area contributed by atoms with Crippen LogP contribution in [0.5, 0.6) is 0 Å². The normalized spacial score (nSPS) is 12.4. The number of aliphatic hydroxyl groups is 1. The predicted molar refractivity (Wildman–Crippen MR) is 81.2 cm³/mol. The molecule has 3 heteroatoms.